The lowest BCUT2D eigenvalue weighted by molar-refractivity contribution is 0.0113. The van der Waals surface area contributed by atoms with Crippen LogP contribution in [0.1, 0.15) is 27.2 Å². The number of nitrogens with zero attached hydrogens (tertiary/aromatic N) is 1. The summed E-state index contributed by atoms with van der Waals surface area (Å²) in [5, 5.41) is 0. The highest BCUT2D eigenvalue weighted by Crippen LogP contribution is 2.13. The molecule has 3 heteroatoms. The summed E-state index contributed by atoms with van der Waals surface area (Å²) in [4.78, 5) is 4.11. The first kappa shape index (κ1) is 10.4. The van der Waals surface area contributed by atoms with E-state index in [1.807, 2.05) is 6.92 Å². The molecule has 0 bridgehead atoms. The lowest BCUT2D eigenvalue weighted by atomic mass is 10.0. The van der Waals surface area contributed by atoms with Gasteiger partial charge in [-0.3, -0.25) is 4.99 Å². The number of amidine groups is 1. The van der Waals surface area contributed by atoms with Crippen LogP contribution in [-0.2, 0) is 4.74 Å². The Morgan fingerprint density at radius 3 is 2.45 bits per heavy atom. The minimum absolute atomic E-state index is 0.152. The Bertz CT molecular complexity index is 135. The number of hydrogen-bond donors (Lipinski definition) is 1. The minimum Gasteiger partial charge on any atom is -0.388 e. The molecular formula is C8H18N2O. The maximum absolute atomic E-state index is 5.40. The molecule has 0 amide bonds. The van der Waals surface area contributed by atoms with Crippen LogP contribution in [0, 0.1) is 0 Å². The average Bonchev–Trinajstić information content (AvgIpc) is 2.00. The molecule has 2 N–H and O–H groups in total. The van der Waals surface area contributed by atoms with Gasteiger partial charge >= 0.3 is 0 Å². The highest BCUT2D eigenvalue weighted by molar-refractivity contribution is 5.77. The smallest absolute Gasteiger partial charge is 0.0906 e. The van der Waals surface area contributed by atoms with Crippen molar-refractivity contribution in [2.45, 2.75) is 32.8 Å². The second-order valence-corrected chi connectivity index (χ2v) is 2.97. The molecule has 1 unspecified atom stereocenters. The molecule has 0 heterocycles. The van der Waals surface area contributed by atoms with Crippen LogP contribution in [0.25, 0.3) is 0 Å². The molecule has 0 radical (unpaired) electrons. The third kappa shape index (κ3) is 3.98. The van der Waals surface area contributed by atoms with Crippen molar-refractivity contribution in [3.63, 3.8) is 0 Å². The van der Waals surface area contributed by atoms with Gasteiger partial charge in [0.1, 0.15) is 0 Å². The first-order valence-electron chi connectivity index (χ1n) is 3.86. The molecule has 3 nitrogen and oxygen atoms in total. The van der Waals surface area contributed by atoms with Crippen molar-refractivity contribution in [1.29, 1.82) is 0 Å². The summed E-state index contributed by atoms with van der Waals surface area (Å²) in [6, 6.07) is 0. The van der Waals surface area contributed by atoms with Crippen molar-refractivity contribution in [1.82, 2.24) is 0 Å². The van der Waals surface area contributed by atoms with Gasteiger partial charge in [-0.05, 0) is 20.3 Å². The van der Waals surface area contributed by atoms with Crippen molar-refractivity contribution in [2.24, 2.45) is 10.7 Å². The Hall–Kier alpha value is -0.570. The van der Waals surface area contributed by atoms with E-state index in [0.717, 1.165) is 6.42 Å². The van der Waals surface area contributed by atoms with Gasteiger partial charge in [0.05, 0.1) is 18.0 Å². The molecule has 11 heavy (non-hydrogen) atoms. The third-order valence-electron chi connectivity index (χ3n) is 1.90. The van der Waals surface area contributed by atoms with E-state index in [0.29, 0.717) is 12.4 Å². The van der Waals surface area contributed by atoms with Crippen LogP contribution in [0.4, 0.5) is 0 Å². The number of hydrogen-bond acceptors (Lipinski definition) is 2. The second kappa shape index (κ2) is 4.34. The van der Waals surface area contributed by atoms with Crippen LogP contribution < -0.4 is 5.73 Å². The maximum atomic E-state index is 5.40. The van der Waals surface area contributed by atoms with E-state index in [1.165, 1.54) is 0 Å². The standard InChI is InChI=1S/C8H18N2O/c1-5-8(3,11-4)6-10-7(2)9/h5-6H2,1-4H3,(H2,9,10). The molecule has 0 aromatic carbocycles. The lowest BCUT2D eigenvalue weighted by Crippen LogP contribution is -2.30. The van der Waals surface area contributed by atoms with E-state index >= 15 is 0 Å². The van der Waals surface area contributed by atoms with Gasteiger partial charge in [0, 0.05) is 7.11 Å². The number of aliphatic imine (C=N–C) groups is 1. The van der Waals surface area contributed by atoms with Gasteiger partial charge in [0.2, 0.25) is 0 Å². The van der Waals surface area contributed by atoms with Crippen molar-refractivity contribution in [3.05, 3.63) is 0 Å². The van der Waals surface area contributed by atoms with Crippen molar-refractivity contribution in [3.8, 4) is 0 Å². The number of methoxy groups -OCH3 is 1. The first-order chi connectivity index (χ1) is 5.04. The summed E-state index contributed by atoms with van der Waals surface area (Å²) in [5.41, 5.74) is 5.25. The van der Waals surface area contributed by atoms with Crippen LogP contribution in [0.2, 0.25) is 0 Å². The molecule has 0 aromatic rings. The topological polar surface area (TPSA) is 47.6 Å². The molecule has 0 saturated heterocycles. The fraction of sp³-hybridized carbons (Fsp3) is 0.875. The summed E-state index contributed by atoms with van der Waals surface area (Å²) >= 11 is 0. The molecule has 0 aliphatic carbocycles. The fourth-order valence-corrected chi connectivity index (χ4v) is 0.613. The first-order valence-corrected chi connectivity index (χ1v) is 3.86. The van der Waals surface area contributed by atoms with E-state index in [-0.39, 0.29) is 5.60 Å². The van der Waals surface area contributed by atoms with Gasteiger partial charge in [-0.15, -0.1) is 0 Å². The maximum Gasteiger partial charge on any atom is 0.0906 e. The van der Waals surface area contributed by atoms with Crippen molar-refractivity contribution >= 4 is 5.84 Å². The lowest BCUT2D eigenvalue weighted by Gasteiger charge is -2.24. The van der Waals surface area contributed by atoms with Gasteiger partial charge in [-0.25, -0.2) is 0 Å². The summed E-state index contributed by atoms with van der Waals surface area (Å²) < 4.78 is 5.27. The monoisotopic (exact) mass is 158 g/mol. The molecule has 0 fully saturated rings. The zero-order valence-corrected chi connectivity index (χ0v) is 7.85. The van der Waals surface area contributed by atoms with E-state index in [1.54, 1.807) is 14.0 Å². The average molecular weight is 158 g/mol. The molecule has 1 atom stereocenters. The predicted molar refractivity (Wildman–Crippen MR) is 47.9 cm³/mol. The van der Waals surface area contributed by atoms with Gasteiger partial charge in [-0.2, -0.15) is 0 Å². The predicted octanol–water partition coefficient (Wildman–Crippen LogP) is 1.18. The Kier molecular flexibility index (Phi) is 4.11. The molecule has 0 aliphatic rings. The van der Waals surface area contributed by atoms with E-state index in [4.69, 9.17) is 10.5 Å². The van der Waals surface area contributed by atoms with E-state index in [2.05, 4.69) is 11.9 Å². The quantitative estimate of drug-likeness (QED) is 0.493. The van der Waals surface area contributed by atoms with E-state index in [9.17, 15) is 0 Å². The zero-order valence-electron chi connectivity index (χ0n) is 7.85. The minimum atomic E-state index is -0.152. The highest BCUT2D eigenvalue weighted by Gasteiger charge is 2.19. The number of ether oxygens (including phenoxy) is 1. The molecule has 66 valence electrons. The van der Waals surface area contributed by atoms with Gasteiger partial charge < -0.3 is 10.5 Å². The third-order valence-corrected chi connectivity index (χ3v) is 1.90. The Balaban J connectivity index is 3.98. The van der Waals surface area contributed by atoms with Crippen LogP contribution in [0.5, 0.6) is 0 Å². The van der Waals surface area contributed by atoms with Crippen LogP contribution >= 0.6 is 0 Å². The molecule has 0 saturated carbocycles. The largest absolute Gasteiger partial charge is 0.388 e. The molecule has 0 aliphatic heterocycles. The van der Waals surface area contributed by atoms with Crippen LogP contribution in [0.3, 0.4) is 0 Å². The summed E-state index contributed by atoms with van der Waals surface area (Å²) in [6.07, 6.45) is 0.945. The molecular weight excluding hydrogens is 140 g/mol. The molecule has 0 aromatic heterocycles. The van der Waals surface area contributed by atoms with Gasteiger partial charge in [0.15, 0.2) is 0 Å². The van der Waals surface area contributed by atoms with Crippen LogP contribution in [-0.4, -0.2) is 25.1 Å². The van der Waals surface area contributed by atoms with Gasteiger partial charge in [0.25, 0.3) is 0 Å². The summed E-state index contributed by atoms with van der Waals surface area (Å²) in [6.45, 7) is 6.53. The molecule has 0 rings (SSSR count). The van der Waals surface area contributed by atoms with E-state index < -0.39 is 0 Å². The normalized spacial score (nSPS) is 18.0. The van der Waals surface area contributed by atoms with Crippen molar-refractivity contribution in [2.75, 3.05) is 13.7 Å². The Labute approximate surface area is 68.6 Å². The Morgan fingerprint density at radius 2 is 2.18 bits per heavy atom. The summed E-state index contributed by atoms with van der Waals surface area (Å²) in [7, 11) is 1.70. The SMILES string of the molecule is CCC(C)(CN=C(C)N)OC. The number of rotatable bonds is 4. The number of nitrogens with two attached hydrogens (primary N) is 1. The second-order valence-electron chi connectivity index (χ2n) is 2.97. The fourth-order valence-electron chi connectivity index (χ4n) is 0.613. The van der Waals surface area contributed by atoms with Crippen molar-refractivity contribution < 1.29 is 4.74 Å². The Morgan fingerprint density at radius 1 is 1.64 bits per heavy atom. The highest BCUT2D eigenvalue weighted by atomic mass is 16.5. The van der Waals surface area contributed by atoms with Gasteiger partial charge in [-0.1, -0.05) is 6.92 Å². The zero-order chi connectivity index (χ0) is 8.91. The van der Waals surface area contributed by atoms with Crippen LogP contribution in [0.15, 0.2) is 4.99 Å². The molecule has 0 spiro atoms. The summed E-state index contributed by atoms with van der Waals surface area (Å²) in [5.74, 6) is 0.613.